The number of hydrogen-bond donors (Lipinski definition) is 2. The Kier molecular flexibility index (Phi) is 3.65. The minimum Gasteiger partial charge on any atom is -0.354 e. The van der Waals surface area contributed by atoms with E-state index < -0.39 is 6.04 Å². The van der Waals surface area contributed by atoms with E-state index in [0.29, 0.717) is 6.61 Å². The first-order valence-electron chi connectivity index (χ1n) is 4.35. The van der Waals surface area contributed by atoms with Crippen molar-refractivity contribution in [1.82, 2.24) is 5.32 Å². The normalized spacial score (nSPS) is 30.1. The maximum absolute atomic E-state index is 11.2. The maximum Gasteiger partial charge on any atom is 0.237 e. The molecule has 0 aromatic carbocycles. The minimum absolute atomic E-state index is 0.0662. The molecule has 76 valence electrons. The van der Waals surface area contributed by atoms with Crippen LogP contribution in [-0.2, 0) is 14.3 Å². The molecule has 1 fully saturated rings. The molecule has 0 radical (unpaired) electrons. The second-order valence-electron chi connectivity index (χ2n) is 3.17. The summed E-state index contributed by atoms with van der Waals surface area (Å²) in [6.07, 6.45) is 0.444. The van der Waals surface area contributed by atoms with Gasteiger partial charge in [-0.1, -0.05) is 0 Å². The van der Waals surface area contributed by atoms with E-state index in [9.17, 15) is 4.79 Å². The molecule has 0 aromatic rings. The summed E-state index contributed by atoms with van der Waals surface area (Å²) in [6, 6.07) is -0.554. The first-order valence-corrected chi connectivity index (χ1v) is 4.35. The molecular formula is C8H16N2O3. The molecule has 0 aliphatic carbocycles. The zero-order valence-corrected chi connectivity index (χ0v) is 7.95. The number of ether oxygens (including phenoxy) is 2. The third kappa shape index (κ3) is 2.65. The average Bonchev–Trinajstić information content (AvgIpc) is 2.51. The van der Waals surface area contributed by atoms with E-state index in [1.54, 1.807) is 14.0 Å². The number of nitrogens with one attached hydrogen (secondary N) is 1. The van der Waals surface area contributed by atoms with Crippen LogP contribution in [-0.4, -0.2) is 38.0 Å². The van der Waals surface area contributed by atoms with Crippen molar-refractivity contribution in [2.45, 2.75) is 31.7 Å². The molecule has 1 aliphatic rings. The minimum atomic E-state index is -0.488. The fraction of sp³-hybridized carbons (Fsp3) is 0.875. The van der Waals surface area contributed by atoms with Gasteiger partial charge in [0.2, 0.25) is 5.91 Å². The van der Waals surface area contributed by atoms with E-state index in [0.717, 1.165) is 6.42 Å². The van der Waals surface area contributed by atoms with Gasteiger partial charge in [-0.25, -0.2) is 0 Å². The lowest BCUT2D eigenvalue weighted by molar-refractivity contribution is -0.129. The smallest absolute Gasteiger partial charge is 0.237 e. The van der Waals surface area contributed by atoms with E-state index in [-0.39, 0.29) is 18.2 Å². The maximum atomic E-state index is 11.2. The van der Waals surface area contributed by atoms with Crippen molar-refractivity contribution < 1.29 is 14.3 Å². The van der Waals surface area contributed by atoms with Crippen LogP contribution in [0.4, 0.5) is 0 Å². The fourth-order valence-corrected chi connectivity index (χ4v) is 1.25. The van der Waals surface area contributed by atoms with Crippen molar-refractivity contribution in [3.63, 3.8) is 0 Å². The Balaban J connectivity index is 2.39. The molecule has 0 aromatic heterocycles. The van der Waals surface area contributed by atoms with Gasteiger partial charge in [-0.3, -0.25) is 4.79 Å². The van der Waals surface area contributed by atoms with Gasteiger partial charge in [0.1, 0.15) is 0 Å². The summed E-state index contributed by atoms with van der Waals surface area (Å²) in [5, 5.41) is 2.77. The first-order chi connectivity index (χ1) is 6.15. The molecule has 0 saturated carbocycles. The van der Waals surface area contributed by atoms with Gasteiger partial charge in [-0.15, -0.1) is 0 Å². The zero-order valence-electron chi connectivity index (χ0n) is 7.95. The SMILES string of the molecule is COC1OCC[C@@H]1NC(=O)[C@H](C)N. The molecule has 5 heteroatoms. The number of carbonyl (C=O) groups is 1. The molecule has 1 amide bonds. The largest absolute Gasteiger partial charge is 0.354 e. The number of rotatable bonds is 3. The van der Waals surface area contributed by atoms with Crippen molar-refractivity contribution >= 4 is 5.91 Å². The molecule has 0 bridgehead atoms. The predicted molar refractivity (Wildman–Crippen MR) is 46.9 cm³/mol. The standard InChI is InChI=1S/C8H16N2O3/c1-5(9)7(11)10-6-3-4-13-8(6)12-2/h5-6,8H,3-4,9H2,1-2H3,(H,10,11)/t5-,6-,8?/m0/s1. The van der Waals surface area contributed by atoms with Crippen molar-refractivity contribution in [1.29, 1.82) is 0 Å². The molecule has 1 saturated heterocycles. The van der Waals surface area contributed by atoms with Gasteiger partial charge in [0.15, 0.2) is 6.29 Å². The van der Waals surface area contributed by atoms with Gasteiger partial charge in [0, 0.05) is 7.11 Å². The van der Waals surface area contributed by atoms with Crippen LogP contribution in [0.2, 0.25) is 0 Å². The summed E-state index contributed by atoms with van der Waals surface area (Å²) in [6.45, 7) is 2.26. The number of methoxy groups -OCH3 is 1. The summed E-state index contributed by atoms with van der Waals surface area (Å²) in [4.78, 5) is 11.2. The molecule has 13 heavy (non-hydrogen) atoms. The van der Waals surface area contributed by atoms with Gasteiger partial charge in [0.05, 0.1) is 18.7 Å². The molecular weight excluding hydrogens is 172 g/mol. The van der Waals surface area contributed by atoms with E-state index >= 15 is 0 Å². The summed E-state index contributed by atoms with van der Waals surface area (Å²) in [5.41, 5.74) is 5.41. The lowest BCUT2D eigenvalue weighted by Crippen LogP contribution is -2.47. The van der Waals surface area contributed by atoms with Crippen LogP contribution in [0.5, 0.6) is 0 Å². The van der Waals surface area contributed by atoms with Gasteiger partial charge < -0.3 is 20.5 Å². The highest BCUT2D eigenvalue weighted by Gasteiger charge is 2.29. The Labute approximate surface area is 77.6 Å². The van der Waals surface area contributed by atoms with E-state index in [4.69, 9.17) is 15.2 Å². The van der Waals surface area contributed by atoms with Crippen LogP contribution in [0, 0.1) is 0 Å². The first kappa shape index (κ1) is 10.4. The molecule has 5 nitrogen and oxygen atoms in total. The highest BCUT2D eigenvalue weighted by Crippen LogP contribution is 2.13. The highest BCUT2D eigenvalue weighted by atomic mass is 16.7. The highest BCUT2D eigenvalue weighted by molar-refractivity contribution is 5.81. The lowest BCUT2D eigenvalue weighted by atomic mass is 10.2. The number of nitrogens with two attached hydrogens (primary N) is 1. The molecule has 1 aliphatic heterocycles. The topological polar surface area (TPSA) is 73.6 Å². The van der Waals surface area contributed by atoms with Gasteiger partial charge in [-0.05, 0) is 13.3 Å². The molecule has 3 atom stereocenters. The molecule has 1 heterocycles. The monoisotopic (exact) mass is 188 g/mol. The van der Waals surface area contributed by atoms with E-state index in [2.05, 4.69) is 5.32 Å². The fourth-order valence-electron chi connectivity index (χ4n) is 1.25. The van der Waals surface area contributed by atoms with Gasteiger partial charge in [-0.2, -0.15) is 0 Å². The van der Waals surface area contributed by atoms with Crippen LogP contribution in [0.15, 0.2) is 0 Å². The molecule has 3 N–H and O–H groups in total. The van der Waals surface area contributed by atoms with E-state index in [1.165, 1.54) is 0 Å². The Morgan fingerprint density at radius 1 is 1.77 bits per heavy atom. The Bertz CT molecular complexity index is 184. The quantitative estimate of drug-likeness (QED) is 0.609. The third-order valence-electron chi connectivity index (χ3n) is 2.01. The molecule has 0 spiro atoms. The number of carbonyl (C=O) groups excluding carboxylic acids is 1. The van der Waals surface area contributed by atoms with Crippen LogP contribution < -0.4 is 11.1 Å². The summed E-state index contributed by atoms with van der Waals surface area (Å²) < 4.78 is 10.2. The van der Waals surface area contributed by atoms with Gasteiger partial charge in [0.25, 0.3) is 0 Å². The van der Waals surface area contributed by atoms with Crippen molar-refractivity contribution in [3.05, 3.63) is 0 Å². The molecule has 1 rings (SSSR count). The van der Waals surface area contributed by atoms with Crippen molar-refractivity contribution in [2.75, 3.05) is 13.7 Å². The second-order valence-corrected chi connectivity index (χ2v) is 3.17. The average molecular weight is 188 g/mol. The van der Waals surface area contributed by atoms with Crippen LogP contribution in [0.3, 0.4) is 0 Å². The Hall–Kier alpha value is -0.650. The summed E-state index contributed by atoms with van der Waals surface area (Å²) in [5.74, 6) is -0.169. The Morgan fingerprint density at radius 2 is 2.46 bits per heavy atom. The summed E-state index contributed by atoms with van der Waals surface area (Å²) in [7, 11) is 1.56. The molecule has 1 unspecified atom stereocenters. The van der Waals surface area contributed by atoms with Crippen molar-refractivity contribution in [2.24, 2.45) is 5.73 Å². The van der Waals surface area contributed by atoms with Crippen LogP contribution in [0.25, 0.3) is 0 Å². The number of amides is 1. The number of hydrogen-bond acceptors (Lipinski definition) is 4. The predicted octanol–water partition coefficient (Wildman–Crippen LogP) is -0.789. The Morgan fingerprint density at radius 3 is 3.00 bits per heavy atom. The van der Waals surface area contributed by atoms with Crippen molar-refractivity contribution in [3.8, 4) is 0 Å². The lowest BCUT2D eigenvalue weighted by Gasteiger charge is -2.19. The summed E-state index contributed by atoms with van der Waals surface area (Å²) >= 11 is 0. The zero-order chi connectivity index (χ0) is 9.84. The van der Waals surface area contributed by atoms with E-state index in [1.807, 2.05) is 0 Å². The van der Waals surface area contributed by atoms with Crippen LogP contribution in [0.1, 0.15) is 13.3 Å². The van der Waals surface area contributed by atoms with Crippen LogP contribution >= 0.6 is 0 Å². The third-order valence-corrected chi connectivity index (χ3v) is 2.01. The second kappa shape index (κ2) is 4.55. The van der Waals surface area contributed by atoms with Gasteiger partial charge >= 0.3 is 0 Å².